The maximum atomic E-state index is 2.42. The normalized spacial score (nSPS) is 17.8. The summed E-state index contributed by atoms with van der Waals surface area (Å²) in [5, 5.41) is 0. The molecule has 0 bridgehead atoms. The van der Waals surface area contributed by atoms with Gasteiger partial charge in [-0.2, -0.15) is 0 Å². The Labute approximate surface area is 91.5 Å². The van der Waals surface area contributed by atoms with E-state index >= 15 is 0 Å². The molecule has 0 N–H and O–H groups in total. The lowest BCUT2D eigenvalue weighted by Crippen LogP contribution is -2.02. The summed E-state index contributed by atoms with van der Waals surface area (Å²) in [6, 6.07) is 0. The standard InChI is InChI=1S/C14H30/c1-6-12(3)8-10-14(5)11-9-13(4)7-2/h12-14H,6-11H2,1-5H3. The summed E-state index contributed by atoms with van der Waals surface area (Å²) in [5.41, 5.74) is 0. The van der Waals surface area contributed by atoms with Crippen molar-refractivity contribution in [1.29, 1.82) is 0 Å². The Morgan fingerprint density at radius 1 is 0.571 bits per heavy atom. The van der Waals surface area contributed by atoms with Crippen molar-refractivity contribution in [2.24, 2.45) is 17.8 Å². The molecule has 0 saturated carbocycles. The quantitative estimate of drug-likeness (QED) is 0.498. The minimum absolute atomic E-state index is 0.932. The number of hydrogen-bond acceptors (Lipinski definition) is 0. The zero-order valence-corrected chi connectivity index (χ0v) is 11.0. The van der Waals surface area contributed by atoms with E-state index in [1.165, 1.54) is 38.5 Å². The highest BCUT2D eigenvalue weighted by molar-refractivity contribution is 4.59. The molecule has 0 fully saturated rings. The van der Waals surface area contributed by atoms with Gasteiger partial charge in [-0.05, 0) is 17.8 Å². The minimum Gasteiger partial charge on any atom is -0.0651 e. The van der Waals surface area contributed by atoms with Gasteiger partial charge in [-0.25, -0.2) is 0 Å². The van der Waals surface area contributed by atoms with Crippen molar-refractivity contribution in [1.82, 2.24) is 0 Å². The first-order valence-electron chi connectivity index (χ1n) is 6.60. The molecule has 2 atom stereocenters. The second-order valence-electron chi connectivity index (χ2n) is 5.29. The predicted molar refractivity (Wildman–Crippen MR) is 66.5 cm³/mol. The number of hydrogen-bond donors (Lipinski definition) is 0. The molecule has 14 heavy (non-hydrogen) atoms. The summed E-state index contributed by atoms with van der Waals surface area (Å²) >= 11 is 0. The third kappa shape index (κ3) is 7.41. The van der Waals surface area contributed by atoms with Gasteiger partial charge in [-0.3, -0.25) is 0 Å². The molecule has 0 heterocycles. The Hall–Kier alpha value is 0. The van der Waals surface area contributed by atoms with E-state index in [1.54, 1.807) is 0 Å². The van der Waals surface area contributed by atoms with Gasteiger partial charge in [0.15, 0.2) is 0 Å². The summed E-state index contributed by atoms with van der Waals surface area (Å²) in [6.45, 7) is 11.8. The summed E-state index contributed by atoms with van der Waals surface area (Å²) < 4.78 is 0. The molecule has 2 unspecified atom stereocenters. The van der Waals surface area contributed by atoms with Crippen molar-refractivity contribution >= 4 is 0 Å². The number of rotatable bonds is 8. The summed E-state index contributed by atoms with van der Waals surface area (Å²) in [4.78, 5) is 0. The van der Waals surface area contributed by atoms with Gasteiger partial charge < -0.3 is 0 Å². The molecular weight excluding hydrogens is 168 g/mol. The smallest absolute Gasteiger partial charge is 0.0443 e. The molecule has 0 amide bonds. The van der Waals surface area contributed by atoms with Crippen molar-refractivity contribution in [3.63, 3.8) is 0 Å². The zero-order chi connectivity index (χ0) is 11.0. The van der Waals surface area contributed by atoms with Crippen LogP contribution < -0.4 is 0 Å². The molecule has 0 saturated heterocycles. The van der Waals surface area contributed by atoms with Gasteiger partial charge in [-0.1, -0.05) is 73.1 Å². The Morgan fingerprint density at radius 3 is 1.14 bits per heavy atom. The van der Waals surface area contributed by atoms with Crippen LogP contribution >= 0.6 is 0 Å². The SMILES string of the molecule is CCC(C)CCC(C)CCC(C)CC. The second kappa shape index (κ2) is 8.32. The van der Waals surface area contributed by atoms with Crippen LogP contribution in [0.1, 0.15) is 73.1 Å². The van der Waals surface area contributed by atoms with Gasteiger partial charge in [0, 0.05) is 0 Å². The van der Waals surface area contributed by atoms with Crippen LogP contribution in [0.4, 0.5) is 0 Å². The van der Waals surface area contributed by atoms with Gasteiger partial charge in [0.2, 0.25) is 0 Å². The Bertz CT molecular complexity index is 103. The Morgan fingerprint density at radius 2 is 0.857 bits per heavy atom. The molecule has 0 aromatic carbocycles. The molecule has 0 spiro atoms. The van der Waals surface area contributed by atoms with E-state index in [0.29, 0.717) is 0 Å². The summed E-state index contributed by atoms with van der Waals surface area (Å²) in [7, 11) is 0. The fraction of sp³-hybridized carbons (Fsp3) is 1.00. The topological polar surface area (TPSA) is 0 Å². The molecule has 0 nitrogen and oxygen atoms in total. The zero-order valence-electron chi connectivity index (χ0n) is 11.0. The van der Waals surface area contributed by atoms with E-state index in [4.69, 9.17) is 0 Å². The summed E-state index contributed by atoms with van der Waals surface area (Å²) in [5.74, 6) is 2.81. The molecular formula is C14H30. The fourth-order valence-corrected chi connectivity index (χ4v) is 1.69. The van der Waals surface area contributed by atoms with E-state index in [0.717, 1.165) is 17.8 Å². The van der Waals surface area contributed by atoms with Crippen molar-refractivity contribution < 1.29 is 0 Å². The van der Waals surface area contributed by atoms with Crippen molar-refractivity contribution in [3.05, 3.63) is 0 Å². The van der Waals surface area contributed by atoms with Crippen LogP contribution in [0.3, 0.4) is 0 Å². The molecule has 0 aliphatic carbocycles. The van der Waals surface area contributed by atoms with E-state index in [9.17, 15) is 0 Å². The molecule has 0 radical (unpaired) electrons. The van der Waals surface area contributed by atoms with Crippen LogP contribution in [-0.4, -0.2) is 0 Å². The average Bonchev–Trinajstić information content (AvgIpc) is 2.22. The van der Waals surface area contributed by atoms with Crippen LogP contribution in [-0.2, 0) is 0 Å². The maximum Gasteiger partial charge on any atom is -0.0443 e. The average molecular weight is 198 g/mol. The van der Waals surface area contributed by atoms with Crippen molar-refractivity contribution in [2.45, 2.75) is 73.1 Å². The van der Waals surface area contributed by atoms with Crippen LogP contribution in [0.5, 0.6) is 0 Å². The van der Waals surface area contributed by atoms with E-state index in [-0.39, 0.29) is 0 Å². The van der Waals surface area contributed by atoms with Gasteiger partial charge in [0.25, 0.3) is 0 Å². The molecule has 0 aromatic rings. The second-order valence-corrected chi connectivity index (χ2v) is 5.29. The van der Waals surface area contributed by atoms with Crippen molar-refractivity contribution in [3.8, 4) is 0 Å². The van der Waals surface area contributed by atoms with Crippen LogP contribution in [0.2, 0.25) is 0 Å². The first-order valence-corrected chi connectivity index (χ1v) is 6.60. The Balaban J connectivity index is 3.40. The van der Waals surface area contributed by atoms with Crippen LogP contribution in [0.25, 0.3) is 0 Å². The first kappa shape index (κ1) is 14.0. The lowest BCUT2D eigenvalue weighted by Gasteiger charge is -2.16. The predicted octanol–water partition coefficient (Wildman–Crippen LogP) is 5.28. The van der Waals surface area contributed by atoms with E-state index in [1.807, 2.05) is 0 Å². The molecule has 0 heteroatoms. The van der Waals surface area contributed by atoms with Gasteiger partial charge in [0.1, 0.15) is 0 Å². The van der Waals surface area contributed by atoms with Crippen LogP contribution in [0.15, 0.2) is 0 Å². The van der Waals surface area contributed by atoms with Crippen molar-refractivity contribution in [2.75, 3.05) is 0 Å². The molecule has 0 rings (SSSR count). The van der Waals surface area contributed by atoms with Crippen LogP contribution in [0, 0.1) is 17.8 Å². The molecule has 0 aliphatic rings. The highest BCUT2D eigenvalue weighted by Crippen LogP contribution is 2.21. The molecule has 86 valence electrons. The molecule has 0 aromatic heterocycles. The largest absolute Gasteiger partial charge is 0.0651 e. The highest BCUT2D eigenvalue weighted by atomic mass is 14.1. The van der Waals surface area contributed by atoms with Gasteiger partial charge in [0.05, 0.1) is 0 Å². The highest BCUT2D eigenvalue weighted by Gasteiger charge is 2.07. The molecule has 0 aliphatic heterocycles. The monoisotopic (exact) mass is 198 g/mol. The minimum atomic E-state index is 0.932. The lowest BCUT2D eigenvalue weighted by atomic mass is 9.90. The first-order chi connectivity index (χ1) is 6.60. The van der Waals surface area contributed by atoms with E-state index in [2.05, 4.69) is 34.6 Å². The van der Waals surface area contributed by atoms with Gasteiger partial charge in [-0.15, -0.1) is 0 Å². The summed E-state index contributed by atoms with van der Waals surface area (Å²) in [6.07, 6.45) is 8.42. The maximum absolute atomic E-state index is 2.42. The third-order valence-electron chi connectivity index (χ3n) is 3.70. The van der Waals surface area contributed by atoms with E-state index < -0.39 is 0 Å². The Kier molecular flexibility index (Phi) is 8.32. The fourth-order valence-electron chi connectivity index (χ4n) is 1.69. The lowest BCUT2D eigenvalue weighted by molar-refractivity contribution is 0.369. The third-order valence-corrected chi connectivity index (χ3v) is 3.70. The van der Waals surface area contributed by atoms with Gasteiger partial charge >= 0.3 is 0 Å².